The Hall–Kier alpha value is -1.39. The Labute approximate surface area is 98.9 Å². The number of ether oxygens (including phenoxy) is 1. The van der Waals surface area contributed by atoms with Gasteiger partial charge in [-0.3, -0.25) is 0 Å². The van der Waals surface area contributed by atoms with E-state index in [0.29, 0.717) is 12.5 Å². The molecule has 0 aromatic carbocycles. The number of hydrogen-bond donors (Lipinski definition) is 1. The summed E-state index contributed by atoms with van der Waals surface area (Å²) in [5.74, 6) is 0.630. The fourth-order valence-corrected chi connectivity index (χ4v) is 2.02. The second kappa shape index (κ2) is 5.09. The number of rotatable bonds is 4. The molecule has 3 nitrogen and oxygen atoms in total. The number of hydrogen-bond acceptors (Lipinski definition) is 4. The minimum Gasteiger partial charge on any atom is -0.472 e. The van der Waals surface area contributed by atoms with Gasteiger partial charge in [-0.1, -0.05) is 12.1 Å². The molecule has 0 radical (unpaired) electrons. The van der Waals surface area contributed by atoms with Gasteiger partial charge in [-0.25, -0.2) is 4.98 Å². The van der Waals surface area contributed by atoms with Crippen LogP contribution in [-0.2, 0) is 6.61 Å². The molecule has 2 aromatic heterocycles. The highest BCUT2D eigenvalue weighted by Gasteiger charge is 2.08. The van der Waals surface area contributed by atoms with Crippen molar-refractivity contribution in [2.45, 2.75) is 19.6 Å². The predicted molar refractivity (Wildman–Crippen MR) is 65.5 cm³/mol. The zero-order chi connectivity index (χ0) is 11.4. The average Bonchev–Trinajstić information content (AvgIpc) is 2.79. The molecular formula is C12H14N2OS. The van der Waals surface area contributed by atoms with Crippen LogP contribution >= 0.6 is 11.3 Å². The SMILES string of the molecule is C[C@H](N)c1cccnc1OCc1cccs1. The van der Waals surface area contributed by atoms with Crippen LogP contribution in [0.2, 0.25) is 0 Å². The molecule has 16 heavy (non-hydrogen) atoms. The maximum Gasteiger partial charge on any atom is 0.218 e. The van der Waals surface area contributed by atoms with E-state index in [1.807, 2.05) is 36.6 Å². The summed E-state index contributed by atoms with van der Waals surface area (Å²) in [7, 11) is 0. The lowest BCUT2D eigenvalue weighted by Crippen LogP contribution is -2.08. The first-order valence-corrected chi connectivity index (χ1v) is 6.01. The van der Waals surface area contributed by atoms with Crippen molar-refractivity contribution in [2.24, 2.45) is 5.73 Å². The van der Waals surface area contributed by atoms with Gasteiger partial charge in [0.25, 0.3) is 0 Å². The van der Waals surface area contributed by atoms with Crippen molar-refractivity contribution in [1.82, 2.24) is 4.98 Å². The van der Waals surface area contributed by atoms with E-state index in [1.165, 1.54) is 4.88 Å². The van der Waals surface area contributed by atoms with E-state index in [-0.39, 0.29) is 6.04 Å². The molecule has 0 aliphatic heterocycles. The van der Waals surface area contributed by atoms with E-state index in [1.54, 1.807) is 17.5 Å². The quantitative estimate of drug-likeness (QED) is 0.884. The van der Waals surface area contributed by atoms with E-state index < -0.39 is 0 Å². The monoisotopic (exact) mass is 234 g/mol. The molecule has 2 heterocycles. The third-order valence-electron chi connectivity index (χ3n) is 2.22. The average molecular weight is 234 g/mol. The Bertz CT molecular complexity index is 440. The highest BCUT2D eigenvalue weighted by molar-refractivity contribution is 7.09. The Kier molecular flexibility index (Phi) is 3.54. The first-order chi connectivity index (χ1) is 7.77. The predicted octanol–water partition coefficient (Wildman–Crippen LogP) is 2.74. The Morgan fingerprint density at radius 2 is 2.31 bits per heavy atom. The van der Waals surface area contributed by atoms with Gasteiger partial charge in [-0.15, -0.1) is 11.3 Å². The van der Waals surface area contributed by atoms with Crippen molar-refractivity contribution in [2.75, 3.05) is 0 Å². The van der Waals surface area contributed by atoms with Crippen molar-refractivity contribution in [3.05, 3.63) is 46.3 Å². The van der Waals surface area contributed by atoms with Crippen LogP contribution in [0.15, 0.2) is 35.8 Å². The molecule has 2 rings (SSSR count). The zero-order valence-electron chi connectivity index (χ0n) is 9.09. The van der Waals surface area contributed by atoms with Gasteiger partial charge in [0.05, 0.1) is 0 Å². The molecule has 0 aliphatic rings. The third-order valence-corrected chi connectivity index (χ3v) is 3.07. The standard InChI is InChI=1S/C12H14N2OS/c1-9(13)11-5-2-6-14-12(11)15-8-10-4-3-7-16-10/h2-7,9H,8,13H2,1H3/t9-/m0/s1. The lowest BCUT2D eigenvalue weighted by atomic mass is 10.1. The largest absolute Gasteiger partial charge is 0.472 e. The van der Waals surface area contributed by atoms with Crippen molar-refractivity contribution >= 4 is 11.3 Å². The number of nitrogens with two attached hydrogens (primary N) is 1. The van der Waals surface area contributed by atoms with E-state index in [2.05, 4.69) is 4.98 Å². The molecule has 2 aromatic rings. The fraction of sp³-hybridized carbons (Fsp3) is 0.250. The molecule has 1 atom stereocenters. The molecule has 0 saturated carbocycles. The van der Waals surface area contributed by atoms with E-state index in [9.17, 15) is 0 Å². The number of aromatic nitrogens is 1. The van der Waals surface area contributed by atoms with Crippen molar-refractivity contribution in [3.63, 3.8) is 0 Å². The summed E-state index contributed by atoms with van der Waals surface area (Å²) in [5, 5.41) is 2.03. The number of thiophene rings is 1. The Balaban J connectivity index is 2.09. The molecule has 0 spiro atoms. The van der Waals surface area contributed by atoms with Gasteiger partial charge in [0.15, 0.2) is 0 Å². The van der Waals surface area contributed by atoms with Crippen LogP contribution < -0.4 is 10.5 Å². The Morgan fingerprint density at radius 1 is 1.44 bits per heavy atom. The van der Waals surface area contributed by atoms with Gasteiger partial charge in [0, 0.05) is 22.7 Å². The van der Waals surface area contributed by atoms with Gasteiger partial charge in [0.2, 0.25) is 5.88 Å². The molecule has 0 aliphatic carbocycles. The molecule has 0 fully saturated rings. The van der Waals surface area contributed by atoms with Gasteiger partial charge >= 0.3 is 0 Å². The molecule has 0 amide bonds. The lowest BCUT2D eigenvalue weighted by molar-refractivity contribution is 0.292. The summed E-state index contributed by atoms with van der Waals surface area (Å²) >= 11 is 1.67. The number of nitrogens with zero attached hydrogens (tertiary/aromatic N) is 1. The van der Waals surface area contributed by atoms with Crippen LogP contribution in [0.1, 0.15) is 23.4 Å². The second-order valence-electron chi connectivity index (χ2n) is 3.55. The lowest BCUT2D eigenvalue weighted by Gasteiger charge is -2.11. The first-order valence-electron chi connectivity index (χ1n) is 5.13. The highest BCUT2D eigenvalue weighted by Crippen LogP contribution is 2.22. The normalized spacial score (nSPS) is 12.4. The number of pyridine rings is 1. The summed E-state index contributed by atoms with van der Waals surface area (Å²) in [6.07, 6.45) is 1.72. The van der Waals surface area contributed by atoms with Crippen LogP contribution in [0, 0.1) is 0 Å². The molecular weight excluding hydrogens is 220 g/mol. The van der Waals surface area contributed by atoms with E-state index in [0.717, 1.165) is 5.56 Å². The smallest absolute Gasteiger partial charge is 0.218 e. The molecule has 4 heteroatoms. The first kappa shape index (κ1) is 11.1. The molecule has 84 valence electrons. The zero-order valence-corrected chi connectivity index (χ0v) is 9.91. The van der Waals surface area contributed by atoms with Crippen LogP contribution in [0.5, 0.6) is 5.88 Å². The molecule has 0 unspecified atom stereocenters. The van der Waals surface area contributed by atoms with E-state index >= 15 is 0 Å². The van der Waals surface area contributed by atoms with Crippen molar-refractivity contribution in [3.8, 4) is 5.88 Å². The minimum atomic E-state index is -0.0629. The van der Waals surface area contributed by atoms with Crippen LogP contribution in [0.25, 0.3) is 0 Å². The summed E-state index contributed by atoms with van der Waals surface area (Å²) in [6, 6.07) is 7.80. The van der Waals surface area contributed by atoms with E-state index in [4.69, 9.17) is 10.5 Å². The summed E-state index contributed by atoms with van der Waals surface area (Å²) < 4.78 is 5.66. The van der Waals surface area contributed by atoms with Crippen LogP contribution in [-0.4, -0.2) is 4.98 Å². The molecule has 0 bridgehead atoms. The van der Waals surface area contributed by atoms with Crippen LogP contribution in [0.4, 0.5) is 0 Å². The van der Waals surface area contributed by atoms with Crippen LogP contribution in [0.3, 0.4) is 0 Å². The van der Waals surface area contributed by atoms with Gasteiger partial charge in [0.1, 0.15) is 6.61 Å². The van der Waals surface area contributed by atoms with Gasteiger partial charge < -0.3 is 10.5 Å². The second-order valence-corrected chi connectivity index (χ2v) is 4.59. The molecule has 2 N–H and O–H groups in total. The van der Waals surface area contributed by atoms with Gasteiger partial charge in [-0.05, 0) is 24.4 Å². The summed E-state index contributed by atoms with van der Waals surface area (Å²) in [5.41, 5.74) is 6.79. The Morgan fingerprint density at radius 3 is 3.00 bits per heavy atom. The minimum absolute atomic E-state index is 0.0629. The third kappa shape index (κ3) is 2.59. The topological polar surface area (TPSA) is 48.1 Å². The maximum absolute atomic E-state index is 5.85. The van der Waals surface area contributed by atoms with Gasteiger partial charge in [-0.2, -0.15) is 0 Å². The van der Waals surface area contributed by atoms with Crippen molar-refractivity contribution in [1.29, 1.82) is 0 Å². The highest BCUT2D eigenvalue weighted by atomic mass is 32.1. The fourth-order valence-electron chi connectivity index (χ4n) is 1.40. The maximum atomic E-state index is 5.85. The van der Waals surface area contributed by atoms with Crippen molar-refractivity contribution < 1.29 is 4.74 Å². The summed E-state index contributed by atoms with van der Waals surface area (Å²) in [4.78, 5) is 5.38. The summed E-state index contributed by atoms with van der Waals surface area (Å²) in [6.45, 7) is 2.48. The molecule has 0 saturated heterocycles.